The largest absolute Gasteiger partial charge is 0.463 e. The molecule has 1 unspecified atom stereocenters. The Morgan fingerprint density at radius 3 is 2.55 bits per heavy atom. The van der Waals surface area contributed by atoms with Crippen LogP contribution in [0.4, 0.5) is 18.9 Å². The maximum Gasteiger partial charge on any atom is 0.416 e. The summed E-state index contributed by atoms with van der Waals surface area (Å²) in [5.41, 5.74) is -0.729. The quantitative estimate of drug-likeness (QED) is 0.344. The van der Waals surface area contributed by atoms with Crippen LogP contribution in [0.1, 0.15) is 42.9 Å². The van der Waals surface area contributed by atoms with Gasteiger partial charge in [-0.2, -0.15) is 13.2 Å². The van der Waals surface area contributed by atoms with Crippen molar-refractivity contribution in [1.82, 2.24) is 4.90 Å². The first-order chi connectivity index (χ1) is 15.5. The van der Waals surface area contributed by atoms with Crippen molar-refractivity contribution in [2.24, 2.45) is 0 Å². The van der Waals surface area contributed by atoms with Gasteiger partial charge >= 0.3 is 12.1 Å². The number of halogens is 3. The van der Waals surface area contributed by atoms with E-state index in [4.69, 9.17) is 4.74 Å². The highest BCUT2D eigenvalue weighted by atomic mass is 19.4. The zero-order chi connectivity index (χ0) is 24.3. The minimum absolute atomic E-state index is 0.00206. The molecule has 174 valence electrons. The topological polar surface area (TPSA) is 89.8 Å². The molecule has 0 aromatic heterocycles. The van der Waals surface area contributed by atoms with Crippen LogP contribution in [0.5, 0.6) is 0 Å². The van der Waals surface area contributed by atoms with Crippen LogP contribution < -0.4 is 0 Å². The monoisotopic (exact) mass is 462 g/mol. The predicted molar refractivity (Wildman–Crippen MR) is 112 cm³/mol. The first-order valence-electron chi connectivity index (χ1n) is 10.1. The van der Waals surface area contributed by atoms with Gasteiger partial charge in [-0.25, -0.2) is 4.79 Å². The molecule has 33 heavy (non-hydrogen) atoms. The molecule has 0 saturated carbocycles. The van der Waals surface area contributed by atoms with E-state index in [-0.39, 0.29) is 42.1 Å². The fourth-order valence-corrected chi connectivity index (χ4v) is 3.95. The number of nitrogens with zero attached hydrogens (tertiary/aromatic N) is 2. The number of nitro groups is 1. The lowest BCUT2D eigenvalue weighted by Crippen LogP contribution is -2.38. The summed E-state index contributed by atoms with van der Waals surface area (Å²) in [7, 11) is 0. The maximum absolute atomic E-state index is 13.7. The van der Waals surface area contributed by atoms with Gasteiger partial charge in [-0.3, -0.25) is 14.9 Å². The molecular weight excluding hydrogens is 441 g/mol. The number of hydrogen-bond acceptors (Lipinski definition) is 5. The smallest absolute Gasteiger partial charge is 0.416 e. The number of ether oxygens (including phenoxy) is 1. The van der Waals surface area contributed by atoms with Crippen molar-refractivity contribution < 1.29 is 32.4 Å². The summed E-state index contributed by atoms with van der Waals surface area (Å²) in [5, 5.41) is 11.1. The van der Waals surface area contributed by atoms with Crippen molar-refractivity contribution in [3.63, 3.8) is 0 Å². The molecule has 0 bridgehead atoms. The first-order valence-corrected chi connectivity index (χ1v) is 10.1. The Labute approximate surface area is 187 Å². The normalized spacial score (nSPS) is 16.7. The van der Waals surface area contributed by atoms with Gasteiger partial charge in [0.15, 0.2) is 0 Å². The second-order valence-electron chi connectivity index (χ2n) is 7.47. The van der Waals surface area contributed by atoms with Crippen LogP contribution in [0, 0.1) is 10.1 Å². The van der Waals surface area contributed by atoms with Crippen molar-refractivity contribution in [2.75, 3.05) is 6.61 Å². The second-order valence-corrected chi connectivity index (χ2v) is 7.47. The van der Waals surface area contributed by atoms with Crippen LogP contribution in [0.3, 0.4) is 0 Å². The molecule has 0 N–H and O–H groups in total. The molecule has 1 atom stereocenters. The lowest BCUT2D eigenvalue weighted by molar-refractivity contribution is -0.384. The van der Waals surface area contributed by atoms with Crippen molar-refractivity contribution in [1.29, 1.82) is 0 Å². The van der Waals surface area contributed by atoms with Gasteiger partial charge in [0.1, 0.15) is 0 Å². The number of allylic oxidation sites excluding steroid dienone is 1. The highest BCUT2D eigenvalue weighted by Gasteiger charge is 2.42. The van der Waals surface area contributed by atoms with Crippen LogP contribution in [-0.4, -0.2) is 28.3 Å². The second kappa shape index (κ2) is 9.43. The van der Waals surface area contributed by atoms with Gasteiger partial charge in [-0.1, -0.05) is 30.3 Å². The van der Waals surface area contributed by atoms with Gasteiger partial charge in [-0.05, 0) is 31.0 Å². The van der Waals surface area contributed by atoms with E-state index in [1.807, 2.05) is 0 Å². The molecule has 2 aromatic rings. The Morgan fingerprint density at radius 2 is 1.91 bits per heavy atom. The minimum Gasteiger partial charge on any atom is -0.463 e. The van der Waals surface area contributed by atoms with E-state index in [0.717, 1.165) is 6.07 Å². The van der Waals surface area contributed by atoms with Gasteiger partial charge < -0.3 is 9.64 Å². The van der Waals surface area contributed by atoms with Crippen molar-refractivity contribution >= 4 is 17.6 Å². The van der Waals surface area contributed by atoms with Gasteiger partial charge in [0, 0.05) is 30.2 Å². The number of nitro benzene ring substituents is 1. The van der Waals surface area contributed by atoms with Crippen LogP contribution in [0.15, 0.2) is 59.8 Å². The highest BCUT2D eigenvalue weighted by molar-refractivity contribution is 5.96. The fraction of sp³-hybridized carbons (Fsp3) is 0.304. The Hall–Kier alpha value is -3.69. The van der Waals surface area contributed by atoms with Gasteiger partial charge in [0.2, 0.25) is 5.91 Å². The van der Waals surface area contributed by atoms with E-state index < -0.39 is 34.5 Å². The Balaban J connectivity index is 2.10. The number of rotatable bonds is 6. The van der Waals surface area contributed by atoms with Crippen LogP contribution in [0.2, 0.25) is 0 Å². The number of amides is 1. The summed E-state index contributed by atoms with van der Waals surface area (Å²) in [6, 6.07) is 10.5. The van der Waals surface area contributed by atoms with E-state index in [2.05, 4.69) is 0 Å². The van der Waals surface area contributed by atoms with E-state index >= 15 is 0 Å². The third kappa shape index (κ3) is 5.05. The molecule has 1 amide bonds. The lowest BCUT2D eigenvalue weighted by Gasteiger charge is -2.35. The molecule has 7 nitrogen and oxygen atoms in total. The van der Waals surface area contributed by atoms with E-state index in [1.165, 1.54) is 48.2 Å². The van der Waals surface area contributed by atoms with E-state index in [0.29, 0.717) is 5.56 Å². The zero-order valence-electron chi connectivity index (χ0n) is 17.9. The van der Waals surface area contributed by atoms with Crippen molar-refractivity contribution in [3.8, 4) is 0 Å². The fourth-order valence-electron chi connectivity index (χ4n) is 3.95. The number of carbonyl (C=O) groups excluding carboxylic acids is 2. The number of non-ortho nitro benzene ring substituents is 1. The molecule has 3 rings (SSSR count). The molecule has 10 heteroatoms. The first kappa shape index (κ1) is 24.0. The van der Waals surface area contributed by atoms with Gasteiger partial charge in [0.25, 0.3) is 5.69 Å². The van der Waals surface area contributed by atoms with E-state index in [1.54, 1.807) is 13.0 Å². The van der Waals surface area contributed by atoms with Crippen molar-refractivity contribution in [2.45, 2.75) is 38.9 Å². The SMILES string of the molecule is CCOC(=O)C1=C(C)N(Cc2cccc([N+](=O)[O-])c2)C(=O)CC1c1ccccc1C(F)(F)F. The average Bonchev–Trinajstić information content (AvgIpc) is 2.76. The van der Waals surface area contributed by atoms with Gasteiger partial charge in [-0.15, -0.1) is 0 Å². The number of carbonyl (C=O) groups is 2. The summed E-state index contributed by atoms with van der Waals surface area (Å²) in [5.74, 6) is -2.46. The summed E-state index contributed by atoms with van der Waals surface area (Å²) in [6.07, 6.45) is -5.05. The molecule has 1 heterocycles. The summed E-state index contributed by atoms with van der Waals surface area (Å²) < 4.78 is 46.1. The van der Waals surface area contributed by atoms with Crippen molar-refractivity contribution in [3.05, 3.63) is 86.6 Å². The molecule has 1 aliphatic rings. The van der Waals surface area contributed by atoms with Gasteiger partial charge in [0.05, 0.1) is 29.2 Å². The Morgan fingerprint density at radius 1 is 1.21 bits per heavy atom. The predicted octanol–water partition coefficient (Wildman–Crippen LogP) is 4.97. The summed E-state index contributed by atoms with van der Waals surface area (Å²) in [6.45, 7) is 2.95. The highest BCUT2D eigenvalue weighted by Crippen LogP contribution is 2.43. The molecule has 0 fully saturated rings. The number of hydrogen-bond donors (Lipinski definition) is 0. The lowest BCUT2D eigenvalue weighted by atomic mass is 9.81. The standard InChI is InChI=1S/C23H21F3N2O5/c1-3-33-22(30)21-14(2)27(13-15-7-6-8-16(11-15)28(31)32)20(29)12-18(21)17-9-4-5-10-19(17)23(24,25)26/h4-11,18H,3,12-13H2,1-2H3. The molecular formula is C23H21F3N2O5. The Kier molecular flexibility index (Phi) is 6.85. The molecule has 0 saturated heterocycles. The number of alkyl halides is 3. The van der Waals surface area contributed by atoms with E-state index in [9.17, 15) is 32.9 Å². The molecule has 2 aromatic carbocycles. The van der Waals surface area contributed by atoms with Crippen LogP contribution >= 0.6 is 0 Å². The van der Waals surface area contributed by atoms with Crippen LogP contribution in [0.25, 0.3) is 0 Å². The van der Waals surface area contributed by atoms with Crippen LogP contribution in [-0.2, 0) is 27.0 Å². The maximum atomic E-state index is 13.7. The third-order valence-corrected chi connectivity index (χ3v) is 5.42. The summed E-state index contributed by atoms with van der Waals surface area (Å²) in [4.78, 5) is 37.6. The number of benzene rings is 2. The zero-order valence-corrected chi connectivity index (χ0v) is 17.9. The molecule has 1 aliphatic heterocycles. The summed E-state index contributed by atoms with van der Waals surface area (Å²) >= 11 is 0. The number of esters is 1. The minimum atomic E-state index is -4.67. The molecule has 0 aliphatic carbocycles. The molecule has 0 radical (unpaired) electrons. The third-order valence-electron chi connectivity index (χ3n) is 5.42. The molecule has 0 spiro atoms. The Bertz CT molecular complexity index is 1130. The average molecular weight is 462 g/mol.